The number of Topliss-reactive ketones (excluding diaryl/α,β-unsaturated/α-hetero) is 1. The fourth-order valence-corrected chi connectivity index (χ4v) is 3.89. The fraction of sp³-hybridized carbons (Fsp3) is 0.296. The van der Waals surface area contributed by atoms with Crippen molar-refractivity contribution >= 4 is 40.6 Å². The number of aromatic amines is 1. The largest absolute Gasteiger partial charge is 0.361 e. The number of para-hydroxylation sites is 1. The van der Waals surface area contributed by atoms with Crippen molar-refractivity contribution in [3.05, 3.63) is 71.4 Å². The lowest BCUT2D eigenvalue weighted by atomic mass is 10.0. The van der Waals surface area contributed by atoms with Crippen LogP contribution in [0.25, 0.3) is 10.9 Å². The molecule has 36 heavy (non-hydrogen) atoms. The van der Waals surface area contributed by atoms with Gasteiger partial charge in [-0.1, -0.05) is 48.0 Å². The van der Waals surface area contributed by atoms with Gasteiger partial charge in [0.05, 0.1) is 6.21 Å². The van der Waals surface area contributed by atoms with Crippen molar-refractivity contribution in [3.8, 4) is 0 Å². The summed E-state index contributed by atoms with van der Waals surface area (Å²) in [6, 6.07) is 13.4. The number of aryl methyl sites for hydroxylation is 1. The van der Waals surface area contributed by atoms with Crippen molar-refractivity contribution in [2.24, 2.45) is 0 Å². The molecule has 0 bridgehead atoms. The molecular formula is C27H31N5O4. The first-order valence-electron chi connectivity index (χ1n) is 11.8. The molecule has 0 spiro atoms. The minimum atomic E-state index is -1.01. The van der Waals surface area contributed by atoms with Gasteiger partial charge in [0.1, 0.15) is 12.1 Å². The van der Waals surface area contributed by atoms with Crippen LogP contribution in [0.5, 0.6) is 0 Å². The summed E-state index contributed by atoms with van der Waals surface area (Å²) in [5.41, 5.74) is 3.75. The monoisotopic (exact) mass is 489 g/mol. The molecule has 0 aliphatic carbocycles. The van der Waals surface area contributed by atoms with Gasteiger partial charge in [-0.25, -0.2) is 0 Å². The Morgan fingerprint density at radius 2 is 1.69 bits per heavy atom. The second-order valence-electron chi connectivity index (χ2n) is 8.73. The molecule has 0 saturated heterocycles. The molecule has 3 rings (SSSR count). The Kier molecular flexibility index (Phi) is 9.10. The van der Waals surface area contributed by atoms with Crippen molar-refractivity contribution in [1.82, 2.24) is 20.9 Å². The van der Waals surface area contributed by atoms with E-state index in [1.165, 1.54) is 6.92 Å². The van der Waals surface area contributed by atoms with Gasteiger partial charge < -0.3 is 26.3 Å². The van der Waals surface area contributed by atoms with Crippen LogP contribution in [0.4, 0.5) is 0 Å². The molecule has 1 aromatic heterocycles. The molecule has 3 amide bonds. The van der Waals surface area contributed by atoms with Crippen LogP contribution in [0.15, 0.2) is 54.7 Å². The highest BCUT2D eigenvalue weighted by molar-refractivity contribution is 6.26. The minimum Gasteiger partial charge on any atom is -0.361 e. The van der Waals surface area contributed by atoms with Crippen LogP contribution in [-0.4, -0.2) is 46.8 Å². The predicted octanol–water partition coefficient (Wildman–Crippen LogP) is 2.32. The molecular weight excluding hydrogens is 458 g/mol. The lowest BCUT2D eigenvalue weighted by Gasteiger charge is -2.23. The first-order valence-corrected chi connectivity index (χ1v) is 11.8. The highest BCUT2D eigenvalue weighted by Crippen LogP contribution is 2.19. The number of hydrogen-bond acceptors (Lipinski definition) is 5. The smallest absolute Gasteiger partial charge is 0.243 e. The van der Waals surface area contributed by atoms with Crippen LogP contribution in [0, 0.1) is 12.3 Å². The van der Waals surface area contributed by atoms with Gasteiger partial charge in [-0.2, -0.15) is 0 Å². The quantitative estimate of drug-likeness (QED) is 0.249. The van der Waals surface area contributed by atoms with Gasteiger partial charge in [-0.3, -0.25) is 19.2 Å². The van der Waals surface area contributed by atoms with E-state index in [0.29, 0.717) is 6.21 Å². The molecule has 1 heterocycles. The number of fused-ring (bicyclic) bond motifs is 1. The zero-order valence-corrected chi connectivity index (χ0v) is 20.4. The molecule has 0 fully saturated rings. The normalized spacial score (nSPS) is 12.4. The number of aromatic nitrogens is 1. The lowest BCUT2D eigenvalue weighted by Crippen LogP contribution is -2.54. The Labute approximate surface area is 209 Å². The van der Waals surface area contributed by atoms with Crippen LogP contribution in [0.1, 0.15) is 36.5 Å². The molecule has 0 unspecified atom stereocenters. The first kappa shape index (κ1) is 26.3. The van der Waals surface area contributed by atoms with E-state index in [1.807, 2.05) is 55.5 Å². The average molecular weight is 490 g/mol. The van der Waals surface area contributed by atoms with Crippen LogP contribution in [0.2, 0.25) is 0 Å². The van der Waals surface area contributed by atoms with Crippen molar-refractivity contribution in [2.75, 3.05) is 0 Å². The SMILES string of the molecule is CC(=O)N[C@@H](Cc1c[nH]c2ccccc12)C(=O)N[C@@H](CCC(=O)C=N)C(=O)NCc1ccc(C)cc1. The molecule has 2 aromatic carbocycles. The molecule has 2 atom stereocenters. The maximum Gasteiger partial charge on any atom is 0.243 e. The van der Waals surface area contributed by atoms with E-state index in [-0.39, 0.29) is 31.7 Å². The molecule has 0 radical (unpaired) electrons. The number of rotatable bonds is 12. The Hall–Kier alpha value is -4.27. The van der Waals surface area contributed by atoms with Gasteiger partial charge in [0.15, 0.2) is 5.78 Å². The van der Waals surface area contributed by atoms with Gasteiger partial charge in [0, 0.05) is 43.4 Å². The molecule has 0 aliphatic heterocycles. The first-order chi connectivity index (χ1) is 17.3. The van der Waals surface area contributed by atoms with Crippen LogP contribution in [0.3, 0.4) is 0 Å². The maximum atomic E-state index is 13.2. The van der Waals surface area contributed by atoms with Crippen LogP contribution in [-0.2, 0) is 32.1 Å². The fourth-order valence-electron chi connectivity index (χ4n) is 3.89. The van der Waals surface area contributed by atoms with Gasteiger partial charge in [-0.05, 0) is 30.5 Å². The highest BCUT2D eigenvalue weighted by atomic mass is 16.2. The standard InChI is InChI=1S/C27H31N5O4/c1-17-7-9-19(10-8-17)15-30-26(35)24(12-11-21(34)14-28)32-27(36)25(31-18(2)33)13-20-16-29-23-6-4-3-5-22(20)23/h3-10,14,16,24-25,28-29H,11-13,15H2,1-2H3,(H,30,35)(H,31,33)(H,32,36)/t24-,25-/m0/s1. The molecule has 3 aromatic rings. The second kappa shape index (κ2) is 12.4. The molecule has 9 heteroatoms. The number of amides is 3. The third kappa shape index (κ3) is 7.36. The average Bonchev–Trinajstić information content (AvgIpc) is 3.27. The summed E-state index contributed by atoms with van der Waals surface area (Å²) < 4.78 is 0. The molecule has 188 valence electrons. The third-order valence-corrected chi connectivity index (χ3v) is 5.85. The Bertz CT molecular complexity index is 1250. The maximum absolute atomic E-state index is 13.2. The van der Waals surface area contributed by atoms with E-state index < -0.39 is 29.7 Å². The summed E-state index contributed by atoms with van der Waals surface area (Å²) in [6.45, 7) is 3.55. The lowest BCUT2D eigenvalue weighted by molar-refractivity contribution is -0.132. The van der Waals surface area contributed by atoms with Gasteiger partial charge >= 0.3 is 0 Å². The Morgan fingerprint density at radius 3 is 2.39 bits per heavy atom. The van der Waals surface area contributed by atoms with E-state index in [1.54, 1.807) is 6.20 Å². The second-order valence-corrected chi connectivity index (χ2v) is 8.73. The molecule has 5 N–H and O–H groups in total. The van der Waals surface area contributed by atoms with E-state index in [0.717, 1.165) is 27.6 Å². The number of hydrogen-bond donors (Lipinski definition) is 5. The topological polar surface area (TPSA) is 144 Å². The van der Waals surface area contributed by atoms with Crippen molar-refractivity contribution < 1.29 is 19.2 Å². The third-order valence-electron chi connectivity index (χ3n) is 5.85. The number of benzene rings is 2. The summed E-state index contributed by atoms with van der Waals surface area (Å²) in [5.74, 6) is -1.81. The number of carbonyl (C=O) groups excluding carboxylic acids is 4. The van der Waals surface area contributed by atoms with Crippen molar-refractivity contribution in [1.29, 1.82) is 5.41 Å². The highest BCUT2D eigenvalue weighted by Gasteiger charge is 2.27. The number of carbonyl (C=O) groups is 4. The zero-order valence-electron chi connectivity index (χ0n) is 20.4. The summed E-state index contributed by atoms with van der Waals surface area (Å²) in [7, 11) is 0. The predicted molar refractivity (Wildman–Crippen MR) is 138 cm³/mol. The van der Waals surface area contributed by atoms with Gasteiger partial charge in [0.25, 0.3) is 0 Å². The number of nitrogens with one attached hydrogen (secondary N) is 5. The van der Waals surface area contributed by atoms with E-state index >= 15 is 0 Å². The zero-order chi connectivity index (χ0) is 26.1. The summed E-state index contributed by atoms with van der Waals surface area (Å²) >= 11 is 0. The van der Waals surface area contributed by atoms with E-state index in [4.69, 9.17) is 5.41 Å². The van der Waals surface area contributed by atoms with Gasteiger partial charge in [0.2, 0.25) is 17.7 Å². The Morgan fingerprint density at radius 1 is 0.972 bits per heavy atom. The molecule has 0 aliphatic rings. The summed E-state index contributed by atoms with van der Waals surface area (Å²) in [6.07, 6.45) is 2.66. The summed E-state index contributed by atoms with van der Waals surface area (Å²) in [4.78, 5) is 52.9. The van der Waals surface area contributed by atoms with Crippen molar-refractivity contribution in [3.63, 3.8) is 0 Å². The van der Waals surface area contributed by atoms with E-state index in [2.05, 4.69) is 20.9 Å². The number of ketones is 1. The number of H-pyrrole nitrogens is 1. The van der Waals surface area contributed by atoms with Crippen LogP contribution >= 0.6 is 0 Å². The van der Waals surface area contributed by atoms with Crippen molar-refractivity contribution in [2.45, 2.75) is 51.7 Å². The van der Waals surface area contributed by atoms with Gasteiger partial charge in [-0.15, -0.1) is 0 Å². The van der Waals surface area contributed by atoms with E-state index in [9.17, 15) is 19.2 Å². The molecule has 9 nitrogen and oxygen atoms in total. The summed E-state index contributed by atoms with van der Waals surface area (Å²) in [5, 5.41) is 16.2. The minimum absolute atomic E-state index is 0.0273. The Balaban J connectivity index is 1.74. The molecule has 0 saturated carbocycles. The van der Waals surface area contributed by atoms with Crippen LogP contribution < -0.4 is 16.0 Å².